The van der Waals surface area contributed by atoms with Crippen molar-refractivity contribution < 1.29 is 31.0 Å². The first-order valence-corrected chi connectivity index (χ1v) is 11.7. The van der Waals surface area contributed by atoms with E-state index >= 15 is 0 Å². The van der Waals surface area contributed by atoms with Crippen molar-refractivity contribution in [3.63, 3.8) is 0 Å². The zero-order valence-electron chi connectivity index (χ0n) is 15.3. The number of aromatic hydroxyl groups is 1. The largest absolute Gasteiger partial charge is 0.492 e. The number of aromatic nitrogens is 2. The van der Waals surface area contributed by atoms with E-state index in [1.807, 2.05) is 0 Å². The molecule has 0 saturated carbocycles. The molecular weight excluding hydrogens is 495 g/mol. The van der Waals surface area contributed by atoms with E-state index in [2.05, 4.69) is 15.3 Å². The first-order chi connectivity index (χ1) is 14.3. The van der Waals surface area contributed by atoms with E-state index in [0.717, 1.165) is 28.9 Å². The van der Waals surface area contributed by atoms with Crippen LogP contribution >= 0.6 is 23.2 Å². The molecule has 0 saturated heterocycles. The Hall–Kier alpha value is -2.55. The van der Waals surface area contributed by atoms with Gasteiger partial charge in [0.2, 0.25) is 5.88 Å². The highest BCUT2D eigenvalue weighted by atomic mass is 35.5. The van der Waals surface area contributed by atoms with Crippen molar-refractivity contribution in [3.8, 4) is 11.6 Å². The van der Waals surface area contributed by atoms with Crippen LogP contribution in [0.2, 0.25) is 10.0 Å². The van der Waals surface area contributed by atoms with Gasteiger partial charge in [0.05, 0.1) is 26.3 Å². The summed E-state index contributed by atoms with van der Waals surface area (Å²) in [6, 6.07) is 6.90. The summed E-state index contributed by atoms with van der Waals surface area (Å²) < 4.78 is 65.3. The van der Waals surface area contributed by atoms with Crippen molar-refractivity contribution in [2.45, 2.75) is 16.7 Å². The average molecular weight is 507 g/mol. The zero-order valence-corrected chi connectivity index (χ0v) is 18.4. The molecule has 0 aliphatic carbocycles. The Kier molecular flexibility index (Phi) is 6.10. The van der Waals surface area contributed by atoms with Crippen LogP contribution in [-0.2, 0) is 20.2 Å². The molecule has 0 atom stereocenters. The lowest BCUT2D eigenvalue weighted by Crippen LogP contribution is -2.01. The highest BCUT2D eigenvalue weighted by Crippen LogP contribution is 2.37. The molecule has 0 aliphatic heterocycles. The third-order valence-corrected chi connectivity index (χ3v) is 6.36. The Labute approximate surface area is 186 Å². The second-order valence-corrected chi connectivity index (χ2v) is 9.68. The van der Waals surface area contributed by atoms with E-state index in [1.165, 1.54) is 19.1 Å². The smallest absolute Gasteiger partial charge is 0.296 e. The van der Waals surface area contributed by atoms with Crippen LogP contribution in [0.15, 0.2) is 56.4 Å². The van der Waals surface area contributed by atoms with Crippen LogP contribution in [0.25, 0.3) is 5.69 Å². The summed E-state index contributed by atoms with van der Waals surface area (Å²) in [7, 11) is -9.21. The van der Waals surface area contributed by atoms with Gasteiger partial charge in [0.1, 0.15) is 10.6 Å². The molecule has 1 aromatic heterocycles. The zero-order chi connectivity index (χ0) is 23.1. The fourth-order valence-electron chi connectivity index (χ4n) is 2.49. The second-order valence-electron chi connectivity index (χ2n) is 6.05. The van der Waals surface area contributed by atoms with Crippen molar-refractivity contribution in [3.05, 3.63) is 52.1 Å². The molecule has 164 valence electrons. The number of hydrogen-bond acceptors (Lipinski definition) is 8. The molecule has 0 amide bonds. The highest BCUT2D eigenvalue weighted by molar-refractivity contribution is 7.86. The molecule has 3 aromatic rings. The van der Waals surface area contributed by atoms with E-state index in [1.54, 1.807) is 0 Å². The van der Waals surface area contributed by atoms with Crippen LogP contribution in [0.5, 0.6) is 5.88 Å². The lowest BCUT2D eigenvalue weighted by atomic mass is 10.3. The topological polar surface area (TPSA) is 172 Å². The van der Waals surface area contributed by atoms with E-state index in [-0.39, 0.29) is 32.8 Å². The van der Waals surface area contributed by atoms with Gasteiger partial charge in [-0.05, 0) is 37.3 Å². The van der Waals surface area contributed by atoms with Gasteiger partial charge in [0.25, 0.3) is 20.2 Å². The fourth-order valence-corrected chi connectivity index (χ4v) is 4.02. The summed E-state index contributed by atoms with van der Waals surface area (Å²) >= 11 is 11.7. The molecule has 3 N–H and O–H groups in total. The molecule has 2 aromatic carbocycles. The summed E-state index contributed by atoms with van der Waals surface area (Å²) in [5.41, 5.74) is -0.293. The Balaban J connectivity index is 2.10. The lowest BCUT2D eigenvalue weighted by Gasteiger charge is -2.05. The van der Waals surface area contributed by atoms with Crippen molar-refractivity contribution >= 4 is 54.8 Å². The standard InChI is InChI=1S/C16H12Cl2N4O7S2/c1-8-15(20-19-13-6-11(17)12(18)7-14(13)31(27,28)29)16(23)22(21-8)9-3-2-4-10(5-9)30(24,25)26/h2-7,23H,1H3,(H,24,25,26)(H,27,28,29)/b20-19+. The third kappa shape index (κ3) is 4.87. The van der Waals surface area contributed by atoms with Crippen LogP contribution in [0.3, 0.4) is 0 Å². The van der Waals surface area contributed by atoms with Crippen LogP contribution in [0.4, 0.5) is 11.4 Å². The number of hydrogen-bond donors (Lipinski definition) is 3. The molecule has 3 rings (SSSR count). The van der Waals surface area contributed by atoms with E-state index in [9.17, 15) is 31.0 Å². The van der Waals surface area contributed by atoms with Crippen LogP contribution in [0, 0.1) is 6.92 Å². The minimum Gasteiger partial charge on any atom is -0.492 e. The van der Waals surface area contributed by atoms with Gasteiger partial charge in [-0.2, -0.15) is 26.6 Å². The fraction of sp³-hybridized carbons (Fsp3) is 0.0625. The number of azo groups is 1. The van der Waals surface area contributed by atoms with Crippen molar-refractivity contribution in [2.75, 3.05) is 0 Å². The summed E-state index contributed by atoms with van der Waals surface area (Å²) in [6.45, 7) is 1.45. The maximum atomic E-state index is 11.6. The maximum Gasteiger partial charge on any atom is 0.296 e. The molecule has 1 heterocycles. The minimum absolute atomic E-state index is 0.0540. The van der Waals surface area contributed by atoms with Gasteiger partial charge in [-0.1, -0.05) is 29.3 Å². The van der Waals surface area contributed by atoms with E-state index in [0.29, 0.717) is 0 Å². The van der Waals surface area contributed by atoms with Crippen LogP contribution in [-0.4, -0.2) is 40.8 Å². The lowest BCUT2D eigenvalue weighted by molar-refractivity contribution is 0.434. The normalized spacial score (nSPS) is 12.5. The molecule has 0 fully saturated rings. The molecular formula is C16H12Cl2N4O7S2. The molecule has 15 heteroatoms. The van der Waals surface area contributed by atoms with Crippen LogP contribution < -0.4 is 0 Å². The Morgan fingerprint density at radius 1 is 0.968 bits per heavy atom. The van der Waals surface area contributed by atoms with Crippen molar-refractivity contribution in [1.82, 2.24) is 9.78 Å². The number of aryl methyl sites for hydroxylation is 1. The predicted molar refractivity (Wildman–Crippen MR) is 110 cm³/mol. The Morgan fingerprint density at radius 2 is 1.61 bits per heavy atom. The molecule has 11 nitrogen and oxygen atoms in total. The molecule has 0 aliphatic rings. The number of halogens is 2. The quantitative estimate of drug-likeness (QED) is 0.342. The summed E-state index contributed by atoms with van der Waals surface area (Å²) in [6.07, 6.45) is 0. The van der Waals surface area contributed by atoms with Gasteiger partial charge >= 0.3 is 0 Å². The average Bonchev–Trinajstić information content (AvgIpc) is 2.95. The van der Waals surface area contributed by atoms with Crippen molar-refractivity contribution in [1.29, 1.82) is 0 Å². The first-order valence-electron chi connectivity index (χ1n) is 8.04. The maximum absolute atomic E-state index is 11.6. The summed E-state index contributed by atoms with van der Waals surface area (Å²) in [5.74, 6) is -0.554. The summed E-state index contributed by atoms with van der Waals surface area (Å²) in [5, 5.41) is 21.8. The van der Waals surface area contributed by atoms with E-state index < -0.39 is 35.9 Å². The molecule has 0 bridgehead atoms. The second kappa shape index (κ2) is 8.18. The molecule has 0 radical (unpaired) electrons. The van der Waals surface area contributed by atoms with Gasteiger partial charge in [-0.25, -0.2) is 0 Å². The SMILES string of the molecule is Cc1nn(-c2cccc(S(=O)(=O)O)c2)c(O)c1/N=N/c1cc(Cl)c(Cl)cc1S(=O)(=O)O. The highest BCUT2D eigenvalue weighted by Gasteiger charge is 2.21. The van der Waals surface area contributed by atoms with Crippen LogP contribution in [0.1, 0.15) is 5.69 Å². The predicted octanol–water partition coefficient (Wildman–Crippen LogP) is 4.10. The Morgan fingerprint density at radius 3 is 2.23 bits per heavy atom. The van der Waals surface area contributed by atoms with Gasteiger partial charge in [0.15, 0.2) is 5.69 Å². The molecule has 31 heavy (non-hydrogen) atoms. The minimum atomic E-state index is -4.71. The van der Waals surface area contributed by atoms with Gasteiger partial charge in [-0.15, -0.1) is 10.2 Å². The summed E-state index contributed by atoms with van der Waals surface area (Å²) in [4.78, 5) is -1.08. The Bertz CT molecular complexity index is 1430. The number of nitrogens with zero attached hydrogens (tertiary/aromatic N) is 4. The third-order valence-electron chi connectivity index (χ3n) is 3.90. The van der Waals surface area contributed by atoms with Gasteiger partial charge < -0.3 is 5.11 Å². The number of rotatable bonds is 5. The monoisotopic (exact) mass is 506 g/mol. The first kappa shape index (κ1) is 23.1. The van der Waals surface area contributed by atoms with E-state index in [4.69, 9.17) is 23.2 Å². The molecule has 0 unspecified atom stereocenters. The number of benzene rings is 2. The van der Waals surface area contributed by atoms with Gasteiger partial charge in [0, 0.05) is 0 Å². The van der Waals surface area contributed by atoms with Crippen molar-refractivity contribution in [2.24, 2.45) is 10.2 Å². The van der Waals surface area contributed by atoms with Gasteiger partial charge in [-0.3, -0.25) is 9.11 Å². The molecule has 0 spiro atoms.